The number of benzene rings is 6. The average molecular weight is 758 g/mol. The van der Waals surface area contributed by atoms with Crippen molar-refractivity contribution in [2.24, 2.45) is 0 Å². The van der Waals surface area contributed by atoms with E-state index in [2.05, 4.69) is 182 Å². The van der Waals surface area contributed by atoms with Gasteiger partial charge in [-0.15, -0.1) is 0 Å². The molecule has 0 spiro atoms. The fourth-order valence-electron chi connectivity index (χ4n) is 9.52. The average Bonchev–Trinajstić information content (AvgIpc) is 3.56. The number of nitrogens with one attached hydrogen (secondary N) is 1. The largest absolute Gasteiger partial charge is 0.379 e. The molecule has 1 saturated heterocycles. The van der Waals surface area contributed by atoms with Crippen molar-refractivity contribution in [3.63, 3.8) is 0 Å². The highest BCUT2D eigenvalue weighted by Crippen LogP contribution is 2.50. The summed E-state index contributed by atoms with van der Waals surface area (Å²) in [5.41, 5.74) is 9.61. The zero-order valence-corrected chi connectivity index (χ0v) is 35.0. The summed E-state index contributed by atoms with van der Waals surface area (Å²) in [7, 11) is 0. The van der Waals surface area contributed by atoms with Crippen LogP contribution in [-0.4, -0.2) is 28.1 Å². The highest BCUT2D eigenvalue weighted by atomic mass is 16.6. The number of rotatable bonds is 12. The Kier molecular flexibility index (Phi) is 11.5. The van der Waals surface area contributed by atoms with E-state index in [1.807, 2.05) is 12.1 Å². The molecule has 6 aromatic rings. The normalized spacial score (nSPS) is 16.9. The Morgan fingerprint density at radius 2 is 0.754 bits per heavy atom. The summed E-state index contributed by atoms with van der Waals surface area (Å²) in [5, 5.41) is 32.4. The van der Waals surface area contributed by atoms with Gasteiger partial charge in [0.05, 0.1) is 6.04 Å². The number of aliphatic hydroxyl groups is 2. The maximum atomic E-state index is 14.1. The second kappa shape index (κ2) is 16.2. The van der Waals surface area contributed by atoms with Crippen molar-refractivity contribution >= 4 is 0 Å². The molecule has 0 aromatic heterocycles. The molecule has 3 N–H and O–H groups in total. The lowest BCUT2D eigenvalue weighted by atomic mass is 9.69. The highest BCUT2D eigenvalue weighted by Gasteiger charge is 2.62. The van der Waals surface area contributed by atoms with Gasteiger partial charge in [-0.1, -0.05) is 178 Å². The quantitative estimate of drug-likeness (QED) is 0.116. The standard InChI is InChI=1S/C53H59NO3/c1-35-23-36(2)28-45(27-35)52(55,46-29-37(3)24-38(4)30-46)49-50(53(56,47-31-39(5)25-40(6)32-47)48-33-41(7)26-42(8)34-48)57-51(54-49,21-19-43-15-11-9-12-16-43)22-20-44-17-13-10-14-18-44/h9-18,23-34,49-50,54-56H,19-22H2,1-8H3/t49-,50-/m1/s1. The number of ether oxygens (including phenoxy) is 1. The summed E-state index contributed by atoms with van der Waals surface area (Å²) in [6, 6.07) is 45.6. The summed E-state index contributed by atoms with van der Waals surface area (Å²) >= 11 is 0. The van der Waals surface area contributed by atoms with Crippen molar-refractivity contribution in [3.05, 3.63) is 211 Å². The van der Waals surface area contributed by atoms with Gasteiger partial charge in [-0.3, -0.25) is 5.32 Å². The topological polar surface area (TPSA) is 61.7 Å². The lowest BCUT2D eigenvalue weighted by Gasteiger charge is -2.44. The van der Waals surface area contributed by atoms with Crippen LogP contribution in [0.5, 0.6) is 0 Å². The second-order valence-corrected chi connectivity index (χ2v) is 17.2. The van der Waals surface area contributed by atoms with Crippen LogP contribution in [0.4, 0.5) is 0 Å². The number of aryl methyl sites for hydroxylation is 10. The Hall–Kier alpha value is -4.84. The predicted molar refractivity (Wildman–Crippen MR) is 234 cm³/mol. The van der Waals surface area contributed by atoms with Crippen molar-refractivity contribution in [3.8, 4) is 0 Å². The first kappa shape index (κ1) is 40.4. The van der Waals surface area contributed by atoms with E-state index in [0.29, 0.717) is 12.8 Å². The number of hydrogen-bond acceptors (Lipinski definition) is 4. The van der Waals surface area contributed by atoms with Crippen LogP contribution in [0, 0.1) is 55.4 Å². The first-order valence-corrected chi connectivity index (χ1v) is 20.5. The Morgan fingerprint density at radius 1 is 0.456 bits per heavy atom. The molecule has 0 bridgehead atoms. The second-order valence-electron chi connectivity index (χ2n) is 17.2. The fourth-order valence-corrected chi connectivity index (χ4v) is 9.52. The van der Waals surface area contributed by atoms with Gasteiger partial charge in [-0.2, -0.15) is 0 Å². The van der Waals surface area contributed by atoms with Gasteiger partial charge in [-0.05, 0) is 114 Å². The Labute approximate surface area is 340 Å². The third kappa shape index (κ3) is 8.42. The van der Waals surface area contributed by atoms with E-state index in [1.165, 1.54) is 11.1 Å². The van der Waals surface area contributed by atoms with Crippen LogP contribution in [0.3, 0.4) is 0 Å². The minimum Gasteiger partial charge on any atom is -0.379 e. The maximum Gasteiger partial charge on any atom is 0.142 e. The molecule has 57 heavy (non-hydrogen) atoms. The molecule has 0 amide bonds. The summed E-state index contributed by atoms with van der Waals surface area (Å²) in [5.74, 6) is 0. The van der Waals surface area contributed by atoms with Crippen LogP contribution in [0.2, 0.25) is 0 Å². The predicted octanol–water partition coefficient (Wildman–Crippen LogP) is 10.6. The SMILES string of the molecule is Cc1cc(C)cc(C(O)(c2cc(C)cc(C)c2)[C@@H]2NC(CCc3ccccc3)(CCc3ccccc3)O[C@H]2C(O)(c2cc(C)cc(C)c2)c2cc(C)cc(C)c2)c1. The molecule has 294 valence electrons. The van der Waals surface area contributed by atoms with Crippen molar-refractivity contribution in [2.75, 3.05) is 0 Å². The van der Waals surface area contributed by atoms with Gasteiger partial charge in [0.2, 0.25) is 0 Å². The van der Waals surface area contributed by atoms with E-state index >= 15 is 0 Å². The van der Waals surface area contributed by atoms with Crippen molar-refractivity contribution in [2.45, 2.75) is 110 Å². The first-order valence-electron chi connectivity index (χ1n) is 20.5. The van der Waals surface area contributed by atoms with Crippen LogP contribution in [0.25, 0.3) is 0 Å². The molecule has 1 heterocycles. The van der Waals surface area contributed by atoms with E-state index in [9.17, 15) is 10.2 Å². The third-order valence-corrected chi connectivity index (χ3v) is 11.9. The minimum atomic E-state index is -1.68. The van der Waals surface area contributed by atoms with Crippen LogP contribution in [0.15, 0.2) is 133 Å². The molecule has 7 rings (SSSR count). The maximum absolute atomic E-state index is 14.1. The van der Waals surface area contributed by atoms with Gasteiger partial charge in [0.25, 0.3) is 0 Å². The molecule has 2 atom stereocenters. The molecule has 0 unspecified atom stereocenters. The zero-order valence-electron chi connectivity index (χ0n) is 35.0. The van der Waals surface area contributed by atoms with Gasteiger partial charge >= 0.3 is 0 Å². The van der Waals surface area contributed by atoms with E-state index < -0.39 is 29.1 Å². The molecule has 1 aliphatic rings. The van der Waals surface area contributed by atoms with Crippen LogP contribution in [0.1, 0.15) is 90.7 Å². The van der Waals surface area contributed by atoms with Crippen molar-refractivity contribution in [1.82, 2.24) is 5.32 Å². The summed E-state index contributed by atoms with van der Waals surface area (Å²) in [6.45, 7) is 16.6. The van der Waals surface area contributed by atoms with Crippen molar-refractivity contribution in [1.29, 1.82) is 0 Å². The van der Waals surface area contributed by atoms with Crippen LogP contribution >= 0.6 is 0 Å². The molecule has 4 nitrogen and oxygen atoms in total. The van der Waals surface area contributed by atoms with Crippen LogP contribution in [-0.2, 0) is 28.8 Å². The van der Waals surface area contributed by atoms with Crippen molar-refractivity contribution < 1.29 is 14.9 Å². The zero-order chi connectivity index (χ0) is 40.5. The van der Waals surface area contributed by atoms with Gasteiger partial charge in [0.15, 0.2) is 0 Å². The first-order chi connectivity index (χ1) is 27.2. The smallest absolute Gasteiger partial charge is 0.142 e. The molecule has 0 aliphatic carbocycles. The Bertz CT molecular complexity index is 2000. The third-order valence-electron chi connectivity index (χ3n) is 11.9. The molecule has 1 fully saturated rings. The summed E-state index contributed by atoms with van der Waals surface area (Å²) in [6.07, 6.45) is 1.81. The van der Waals surface area contributed by atoms with Gasteiger partial charge in [0.1, 0.15) is 23.0 Å². The van der Waals surface area contributed by atoms with E-state index in [1.54, 1.807) is 0 Å². The van der Waals surface area contributed by atoms with E-state index in [-0.39, 0.29) is 0 Å². The minimum absolute atomic E-state index is 0.627. The van der Waals surface area contributed by atoms with Gasteiger partial charge in [0, 0.05) is 0 Å². The van der Waals surface area contributed by atoms with E-state index in [4.69, 9.17) is 4.74 Å². The monoisotopic (exact) mass is 757 g/mol. The molecule has 0 saturated carbocycles. The molecular weight excluding hydrogens is 699 g/mol. The summed E-state index contributed by atoms with van der Waals surface area (Å²) < 4.78 is 7.73. The lowest BCUT2D eigenvalue weighted by Crippen LogP contribution is -2.59. The fraction of sp³-hybridized carbons (Fsp3) is 0.321. The summed E-state index contributed by atoms with van der Waals surface area (Å²) in [4.78, 5) is 0. The molecule has 1 aliphatic heterocycles. The van der Waals surface area contributed by atoms with E-state index in [0.717, 1.165) is 79.6 Å². The molecular formula is C53H59NO3. The highest BCUT2D eigenvalue weighted by molar-refractivity contribution is 5.50. The number of hydrogen-bond donors (Lipinski definition) is 3. The van der Waals surface area contributed by atoms with Crippen LogP contribution < -0.4 is 5.32 Å². The Balaban J connectivity index is 1.53. The molecule has 6 aromatic carbocycles. The Morgan fingerprint density at radius 3 is 1.07 bits per heavy atom. The molecule has 0 radical (unpaired) electrons. The van der Waals surface area contributed by atoms with Gasteiger partial charge in [-0.25, -0.2) is 0 Å². The van der Waals surface area contributed by atoms with Gasteiger partial charge < -0.3 is 14.9 Å². The molecule has 4 heteroatoms. The lowest BCUT2D eigenvalue weighted by molar-refractivity contribution is -0.142.